The van der Waals surface area contributed by atoms with Crippen molar-refractivity contribution in [3.05, 3.63) is 95.4 Å². The summed E-state index contributed by atoms with van der Waals surface area (Å²) in [6, 6.07) is 25.7. The monoisotopic (exact) mass is 405 g/mol. The van der Waals surface area contributed by atoms with Gasteiger partial charge in [-0.15, -0.1) is 0 Å². The van der Waals surface area contributed by atoms with Gasteiger partial charge in [0.25, 0.3) is 0 Å². The number of amides is 1. The SMILES string of the molecule is COc1ccc(CN(C=O)/C(=C/Sc2ccccc2)c2ccccc2)cc1OC. The molecule has 0 bridgehead atoms. The van der Waals surface area contributed by atoms with E-state index >= 15 is 0 Å². The Labute approximate surface area is 175 Å². The van der Waals surface area contributed by atoms with Gasteiger partial charge in [0, 0.05) is 10.3 Å². The van der Waals surface area contributed by atoms with Crippen molar-refractivity contribution in [3.8, 4) is 11.5 Å². The van der Waals surface area contributed by atoms with Gasteiger partial charge < -0.3 is 14.4 Å². The third-order valence-electron chi connectivity index (χ3n) is 4.36. The maximum absolute atomic E-state index is 12.0. The van der Waals surface area contributed by atoms with Crippen molar-refractivity contribution in [1.29, 1.82) is 0 Å². The topological polar surface area (TPSA) is 38.8 Å². The summed E-state index contributed by atoms with van der Waals surface area (Å²) in [5, 5.41) is 2.01. The Kier molecular flexibility index (Phi) is 7.36. The van der Waals surface area contributed by atoms with Crippen molar-refractivity contribution < 1.29 is 14.3 Å². The Hall–Kier alpha value is -3.18. The lowest BCUT2D eigenvalue weighted by Gasteiger charge is -2.22. The van der Waals surface area contributed by atoms with Crippen LogP contribution in [0.4, 0.5) is 0 Å². The molecule has 0 unspecified atom stereocenters. The van der Waals surface area contributed by atoms with Crippen LogP contribution >= 0.6 is 11.8 Å². The molecule has 3 aromatic carbocycles. The normalized spacial score (nSPS) is 11.0. The second kappa shape index (κ2) is 10.4. The minimum absolute atomic E-state index is 0.417. The Morgan fingerprint density at radius 3 is 2.17 bits per heavy atom. The van der Waals surface area contributed by atoms with Gasteiger partial charge in [-0.05, 0) is 35.4 Å². The van der Waals surface area contributed by atoms with Crippen LogP contribution in [0.2, 0.25) is 0 Å². The molecule has 0 spiro atoms. The zero-order valence-corrected chi connectivity index (χ0v) is 17.3. The maximum atomic E-state index is 12.0. The highest BCUT2D eigenvalue weighted by atomic mass is 32.2. The first-order valence-electron chi connectivity index (χ1n) is 9.15. The van der Waals surface area contributed by atoms with E-state index in [1.807, 2.05) is 84.3 Å². The number of nitrogens with zero attached hydrogens (tertiary/aromatic N) is 1. The second-order valence-electron chi connectivity index (χ2n) is 6.22. The Morgan fingerprint density at radius 1 is 0.897 bits per heavy atom. The molecule has 0 saturated carbocycles. The smallest absolute Gasteiger partial charge is 0.214 e. The van der Waals surface area contributed by atoms with Crippen LogP contribution in [-0.4, -0.2) is 25.5 Å². The number of ether oxygens (including phenoxy) is 2. The largest absolute Gasteiger partial charge is 0.493 e. The predicted octanol–water partition coefficient (Wildman–Crippen LogP) is 5.45. The fraction of sp³-hybridized carbons (Fsp3) is 0.125. The first-order valence-corrected chi connectivity index (χ1v) is 10.0. The molecular formula is C24H23NO3S. The molecule has 0 aliphatic heterocycles. The molecule has 0 atom stereocenters. The summed E-state index contributed by atoms with van der Waals surface area (Å²) in [5.74, 6) is 1.30. The maximum Gasteiger partial charge on any atom is 0.214 e. The fourth-order valence-corrected chi connectivity index (χ4v) is 3.72. The summed E-state index contributed by atoms with van der Waals surface area (Å²) in [4.78, 5) is 14.8. The number of thioether (sulfide) groups is 1. The number of hydrogen-bond donors (Lipinski definition) is 0. The molecule has 3 rings (SSSR count). The van der Waals surface area contributed by atoms with Crippen LogP contribution in [0, 0.1) is 0 Å². The lowest BCUT2D eigenvalue weighted by atomic mass is 10.1. The first kappa shape index (κ1) is 20.6. The van der Waals surface area contributed by atoms with E-state index in [1.165, 1.54) is 0 Å². The number of methoxy groups -OCH3 is 2. The van der Waals surface area contributed by atoms with Crippen LogP contribution in [0.5, 0.6) is 11.5 Å². The van der Waals surface area contributed by atoms with Gasteiger partial charge in [0.15, 0.2) is 11.5 Å². The number of benzene rings is 3. The van der Waals surface area contributed by atoms with Crippen LogP contribution in [0.1, 0.15) is 11.1 Å². The molecule has 29 heavy (non-hydrogen) atoms. The van der Waals surface area contributed by atoms with E-state index in [2.05, 4.69) is 0 Å². The van der Waals surface area contributed by atoms with E-state index in [0.29, 0.717) is 18.0 Å². The average Bonchev–Trinajstić information content (AvgIpc) is 2.79. The van der Waals surface area contributed by atoms with Crippen molar-refractivity contribution in [2.24, 2.45) is 0 Å². The number of rotatable bonds is 9. The molecule has 0 aliphatic rings. The summed E-state index contributed by atoms with van der Waals surface area (Å²) in [7, 11) is 3.21. The summed E-state index contributed by atoms with van der Waals surface area (Å²) >= 11 is 1.58. The Bertz CT molecular complexity index is 958. The zero-order valence-electron chi connectivity index (χ0n) is 16.4. The minimum atomic E-state index is 0.417. The van der Waals surface area contributed by atoms with Gasteiger partial charge in [-0.2, -0.15) is 0 Å². The molecule has 0 aromatic heterocycles. The molecule has 1 amide bonds. The summed E-state index contributed by atoms with van der Waals surface area (Å²) < 4.78 is 10.7. The average molecular weight is 406 g/mol. The minimum Gasteiger partial charge on any atom is -0.493 e. The van der Waals surface area contributed by atoms with Gasteiger partial charge in [-0.3, -0.25) is 4.79 Å². The number of carbonyl (C=O) groups is 1. The first-order chi connectivity index (χ1) is 14.2. The molecule has 148 valence electrons. The molecule has 5 heteroatoms. The third kappa shape index (κ3) is 5.42. The Balaban J connectivity index is 1.91. The van der Waals surface area contributed by atoms with Gasteiger partial charge in [-0.25, -0.2) is 0 Å². The number of carbonyl (C=O) groups excluding carboxylic acids is 1. The molecule has 0 aliphatic carbocycles. The van der Waals surface area contributed by atoms with Crippen LogP contribution in [0.15, 0.2) is 89.2 Å². The van der Waals surface area contributed by atoms with Crippen molar-refractivity contribution >= 4 is 23.9 Å². The van der Waals surface area contributed by atoms with Gasteiger partial charge in [0.1, 0.15) is 0 Å². The standard InChI is InChI=1S/C24H23NO3S/c1-27-23-14-13-19(15-24(23)28-2)16-25(18-26)22(20-9-5-3-6-10-20)17-29-21-11-7-4-8-12-21/h3-15,17-18H,16H2,1-2H3/b22-17+. The van der Waals surface area contributed by atoms with Gasteiger partial charge in [0.2, 0.25) is 6.41 Å². The van der Waals surface area contributed by atoms with Crippen molar-refractivity contribution in [2.75, 3.05) is 14.2 Å². The van der Waals surface area contributed by atoms with Crippen molar-refractivity contribution in [3.63, 3.8) is 0 Å². The fourth-order valence-electron chi connectivity index (χ4n) is 2.89. The van der Waals surface area contributed by atoms with Gasteiger partial charge >= 0.3 is 0 Å². The van der Waals surface area contributed by atoms with E-state index in [-0.39, 0.29) is 0 Å². The van der Waals surface area contributed by atoms with Gasteiger partial charge in [0.05, 0.1) is 26.5 Å². The lowest BCUT2D eigenvalue weighted by Crippen LogP contribution is -2.20. The molecule has 4 nitrogen and oxygen atoms in total. The molecule has 3 aromatic rings. The van der Waals surface area contributed by atoms with Crippen LogP contribution < -0.4 is 9.47 Å². The third-order valence-corrected chi connectivity index (χ3v) is 5.24. The summed E-state index contributed by atoms with van der Waals surface area (Å²) in [5.41, 5.74) is 2.76. The zero-order chi connectivity index (χ0) is 20.5. The van der Waals surface area contributed by atoms with E-state index in [0.717, 1.165) is 28.1 Å². The highest BCUT2D eigenvalue weighted by Gasteiger charge is 2.14. The second-order valence-corrected chi connectivity index (χ2v) is 7.17. The lowest BCUT2D eigenvalue weighted by molar-refractivity contribution is -0.115. The molecular weight excluding hydrogens is 382 g/mol. The van der Waals surface area contributed by atoms with E-state index in [1.54, 1.807) is 30.9 Å². The van der Waals surface area contributed by atoms with Crippen LogP contribution in [0.25, 0.3) is 5.70 Å². The Morgan fingerprint density at radius 2 is 1.55 bits per heavy atom. The summed E-state index contributed by atoms with van der Waals surface area (Å²) in [6.07, 6.45) is 0.862. The number of hydrogen-bond acceptors (Lipinski definition) is 4. The van der Waals surface area contributed by atoms with E-state index < -0.39 is 0 Å². The molecule has 0 radical (unpaired) electrons. The summed E-state index contributed by atoms with van der Waals surface area (Å²) in [6.45, 7) is 0.417. The molecule has 0 heterocycles. The predicted molar refractivity (Wildman–Crippen MR) is 118 cm³/mol. The highest BCUT2D eigenvalue weighted by Crippen LogP contribution is 2.31. The molecule has 0 fully saturated rings. The molecule has 0 saturated heterocycles. The van der Waals surface area contributed by atoms with E-state index in [9.17, 15) is 4.79 Å². The quantitative estimate of drug-likeness (QED) is 0.350. The van der Waals surface area contributed by atoms with Crippen molar-refractivity contribution in [1.82, 2.24) is 4.90 Å². The molecule has 0 N–H and O–H groups in total. The van der Waals surface area contributed by atoms with Crippen LogP contribution in [-0.2, 0) is 11.3 Å². The highest BCUT2D eigenvalue weighted by molar-refractivity contribution is 8.02. The van der Waals surface area contributed by atoms with Crippen LogP contribution in [0.3, 0.4) is 0 Å². The van der Waals surface area contributed by atoms with E-state index in [4.69, 9.17) is 9.47 Å². The van der Waals surface area contributed by atoms with Crippen molar-refractivity contribution in [2.45, 2.75) is 11.4 Å². The van der Waals surface area contributed by atoms with Gasteiger partial charge in [-0.1, -0.05) is 66.4 Å².